The van der Waals surface area contributed by atoms with Gasteiger partial charge in [0.05, 0.1) is 0 Å². The summed E-state index contributed by atoms with van der Waals surface area (Å²) in [5.74, 6) is -2.40. The van der Waals surface area contributed by atoms with Gasteiger partial charge < -0.3 is 4.98 Å². The normalized spacial score (nSPS) is 11.6. The molecule has 2 amide bonds. The van der Waals surface area contributed by atoms with Crippen molar-refractivity contribution in [1.82, 2.24) is 35.4 Å². The molecule has 148 valence electrons. The van der Waals surface area contributed by atoms with Crippen LogP contribution in [-0.2, 0) is 17.4 Å². The first kappa shape index (κ1) is 19.3. The SMILES string of the molecule is Cc1nc2nc(C(F)(F)F)nn2c(C)c1CCC(=O)NNC(=O)c1ccc[nH]1. The number of hydrogen-bond donors (Lipinski definition) is 3. The van der Waals surface area contributed by atoms with Crippen molar-refractivity contribution in [3.8, 4) is 0 Å². The molecule has 3 N–H and O–H groups in total. The van der Waals surface area contributed by atoms with Crippen molar-refractivity contribution < 1.29 is 22.8 Å². The number of aryl methyl sites for hydroxylation is 2. The van der Waals surface area contributed by atoms with Crippen molar-refractivity contribution in [2.24, 2.45) is 0 Å². The standard InChI is InChI=1S/C16H16F3N7O2/c1-8-10(5-6-12(27)23-24-13(28)11-4-3-7-20-11)9(2)26-15(21-8)22-14(25-26)16(17,18)19/h3-4,7,20H,5-6H2,1-2H3,(H,23,27)(H,24,28). The van der Waals surface area contributed by atoms with E-state index in [9.17, 15) is 22.8 Å². The highest BCUT2D eigenvalue weighted by Crippen LogP contribution is 2.27. The van der Waals surface area contributed by atoms with Gasteiger partial charge in [-0.25, -0.2) is 9.50 Å². The molecule has 0 bridgehead atoms. The van der Waals surface area contributed by atoms with Gasteiger partial charge in [0.25, 0.3) is 17.5 Å². The van der Waals surface area contributed by atoms with E-state index in [-0.39, 0.29) is 24.3 Å². The number of amides is 2. The number of fused-ring (bicyclic) bond motifs is 1. The molecule has 3 rings (SSSR count). The summed E-state index contributed by atoms with van der Waals surface area (Å²) in [5, 5.41) is 3.46. The van der Waals surface area contributed by atoms with Gasteiger partial charge in [-0.3, -0.25) is 20.4 Å². The monoisotopic (exact) mass is 395 g/mol. The van der Waals surface area contributed by atoms with E-state index in [1.165, 1.54) is 0 Å². The van der Waals surface area contributed by atoms with Crippen LogP contribution in [0.3, 0.4) is 0 Å². The number of aromatic amines is 1. The molecular formula is C16H16F3N7O2. The van der Waals surface area contributed by atoms with Crippen LogP contribution in [0.5, 0.6) is 0 Å². The molecule has 0 spiro atoms. The Kier molecular flexibility index (Phi) is 5.03. The maximum atomic E-state index is 12.8. The first-order valence-electron chi connectivity index (χ1n) is 8.19. The third-order valence-corrected chi connectivity index (χ3v) is 4.06. The molecule has 28 heavy (non-hydrogen) atoms. The van der Waals surface area contributed by atoms with Crippen molar-refractivity contribution in [3.05, 3.63) is 46.8 Å². The predicted molar refractivity (Wildman–Crippen MR) is 90.0 cm³/mol. The van der Waals surface area contributed by atoms with Crippen LogP contribution >= 0.6 is 0 Å². The van der Waals surface area contributed by atoms with Crippen LogP contribution in [0.4, 0.5) is 13.2 Å². The lowest BCUT2D eigenvalue weighted by Crippen LogP contribution is -2.41. The van der Waals surface area contributed by atoms with Crippen LogP contribution in [0.1, 0.15) is 39.7 Å². The van der Waals surface area contributed by atoms with Crippen molar-refractivity contribution in [2.75, 3.05) is 0 Å². The second-order valence-corrected chi connectivity index (χ2v) is 5.99. The Bertz CT molecular complexity index is 1030. The summed E-state index contributed by atoms with van der Waals surface area (Å²) in [7, 11) is 0. The van der Waals surface area contributed by atoms with E-state index in [4.69, 9.17) is 0 Å². The number of nitrogens with one attached hydrogen (secondary N) is 3. The van der Waals surface area contributed by atoms with E-state index in [0.717, 1.165) is 4.52 Å². The zero-order chi connectivity index (χ0) is 20.5. The van der Waals surface area contributed by atoms with E-state index in [1.54, 1.807) is 32.2 Å². The summed E-state index contributed by atoms with van der Waals surface area (Å²) in [4.78, 5) is 33.9. The Morgan fingerprint density at radius 2 is 1.96 bits per heavy atom. The lowest BCUT2D eigenvalue weighted by Gasteiger charge is -2.11. The fourth-order valence-corrected chi connectivity index (χ4v) is 2.66. The van der Waals surface area contributed by atoms with Crippen LogP contribution in [0.2, 0.25) is 0 Å². The predicted octanol–water partition coefficient (Wildman–Crippen LogP) is 1.48. The van der Waals surface area contributed by atoms with E-state index >= 15 is 0 Å². The number of carbonyl (C=O) groups excluding carboxylic acids is 2. The van der Waals surface area contributed by atoms with Crippen molar-refractivity contribution >= 4 is 17.6 Å². The minimum Gasteiger partial charge on any atom is -0.357 e. The zero-order valence-corrected chi connectivity index (χ0v) is 14.9. The van der Waals surface area contributed by atoms with Crippen LogP contribution in [-0.4, -0.2) is 36.4 Å². The molecule has 0 aliphatic heterocycles. The molecule has 0 aliphatic carbocycles. The molecule has 0 fully saturated rings. The molecule has 0 aliphatic rings. The van der Waals surface area contributed by atoms with Crippen LogP contribution < -0.4 is 10.9 Å². The van der Waals surface area contributed by atoms with E-state index in [2.05, 4.69) is 30.9 Å². The van der Waals surface area contributed by atoms with Gasteiger partial charge in [0.15, 0.2) is 0 Å². The lowest BCUT2D eigenvalue weighted by molar-refractivity contribution is -0.144. The van der Waals surface area contributed by atoms with Gasteiger partial charge in [-0.1, -0.05) is 0 Å². The fraction of sp³-hybridized carbons (Fsp3) is 0.312. The fourth-order valence-electron chi connectivity index (χ4n) is 2.66. The lowest BCUT2D eigenvalue weighted by atomic mass is 10.1. The molecule has 9 nitrogen and oxygen atoms in total. The number of carbonyl (C=O) groups is 2. The van der Waals surface area contributed by atoms with Crippen molar-refractivity contribution in [2.45, 2.75) is 32.9 Å². The summed E-state index contributed by atoms with van der Waals surface area (Å²) in [6.45, 7) is 3.20. The quantitative estimate of drug-likeness (QED) is 0.579. The number of rotatable bonds is 4. The van der Waals surface area contributed by atoms with Gasteiger partial charge in [0, 0.05) is 24.0 Å². The number of aromatic nitrogens is 5. The molecule has 0 saturated carbocycles. The summed E-state index contributed by atoms with van der Waals surface area (Å²) < 4.78 is 39.4. The second kappa shape index (κ2) is 7.29. The van der Waals surface area contributed by atoms with Crippen LogP contribution in [0, 0.1) is 13.8 Å². The highest BCUT2D eigenvalue weighted by atomic mass is 19.4. The molecule has 0 radical (unpaired) electrons. The van der Waals surface area contributed by atoms with Gasteiger partial charge in [-0.15, -0.1) is 5.10 Å². The number of H-pyrrole nitrogens is 1. The number of nitrogens with zero attached hydrogens (tertiary/aromatic N) is 4. The molecule has 12 heteroatoms. The van der Waals surface area contributed by atoms with Crippen molar-refractivity contribution in [3.63, 3.8) is 0 Å². The Morgan fingerprint density at radius 1 is 1.21 bits per heavy atom. The van der Waals surface area contributed by atoms with Gasteiger partial charge in [0.1, 0.15) is 5.69 Å². The first-order chi connectivity index (χ1) is 13.2. The average Bonchev–Trinajstić information content (AvgIpc) is 3.28. The zero-order valence-electron chi connectivity index (χ0n) is 14.9. The smallest absolute Gasteiger partial charge is 0.357 e. The number of hydrazine groups is 1. The van der Waals surface area contributed by atoms with Gasteiger partial charge in [-0.2, -0.15) is 18.2 Å². The van der Waals surface area contributed by atoms with E-state index in [1.807, 2.05) is 0 Å². The highest BCUT2D eigenvalue weighted by Gasteiger charge is 2.36. The molecule has 0 saturated heterocycles. The second-order valence-electron chi connectivity index (χ2n) is 5.99. The first-order valence-corrected chi connectivity index (χ1v) is 8.19. The average molecular weight is 395 g/mol. The third-order valence-electron chi connectivity index (χ3n) is 4.06. The number of hydrogen-bond acceptors (Lipinski definition) is 5. The van der Waals surface area contributed by atoms with Gasteiger partial charge in [0.2, 0.25) is 5.91 Å². The largest absolute Gasteiger partial charge is 0.453 e. The summed E-state index contributed by atoms with van der Waals surface area (Å²) in [6.07, 6.45) is -2.92. The molecule has 0 atom stereocenters. The molecular weight excluding hydrogens is 379 g/mol. The van der Waals surface area contributed by atoms with Gasteiger partial charge in [-0.05, 0) is 38.0 Å². The molecule has 3 aromatic rings. The molecule has 0 aromatic carbocycles. The van der Waals surface area contributed by atoms with Crippen LogP contribution in [0.15, 0.2) is 18.3 Å². The maximum absolute atomic E-state index is 12.8. The van der Waals surface area contributed by atoms with Crippen LogP contribution in [0.25, 0.3) is 5.78 Å². The molecule has 3 heterocycles. The maximum Gasteiger partial charge on any atom is 0.453 e. The Labute approximate surface area is 156 Å². The summed E-state index contributed by atoms with van der Waals surface area (Å²) >= 11 is 0. The third kappa shape index (κ3) is 3.94. The van der Waals surface area contributed by atoms with Gasteiger partial charge >= 0.3 is 6.18 Å². The minimum absolute atomic E-state index is 0.0132. The molecule has 3 aromatic heterocycles. The Hall–Kier alpha value is -3.44. The number of halogens is 3. The Balaban J connectivity index is 1.68. The van der Waals surface area contributed by atoms with E-state index < -0.39 is 23.8 Å². The summed E-state index contributed by atoms with van der Waals surface area (Å²) in [6, 6.07) is 3.18. The topological polar surface area (TPSA) is 117 Å². The Morgan fingerprint density at radius 3 is 2.61 bits per heavy atom. The number of alkyl halides is 3. The molecule has 0 unspecified atom stereocenters. The van der Waals surface area contributed by atoms with E-state index in [0.29, 0.717) is 17.0 Å². The summed E-state index contributed by atoms with van der Waals surface area (Å²) in [5.41, 5.74) is 6.27. The van der Waals surface area contributed by atoms with Crippen molar-refractivity contribution in [1.29, 1.82) is 0 Å². The highest BCUT2D eigenvalue weighted by molar-refractivity contribution is 5.93. The minimum atomic E-state index is -4.68.